The molecule has 0 radical (unpaired) electrons. The van der Waals surface area contributed by atoms with E-state index in [0.29, 0.717) is 28.1 Å². The molecule has 0 N–H and O–H groups in total. The third-order valence-electron chi connectivity index (χ3n) is 5.35. The van der Waals surface area contributed by atoms with E-state index in [2.05, 4.69) is 9.97 Å². The molecular formula is C24H21F4N3O2. The fourth-order valence-electron chi connectivity index (χ4n) is 3.80. The van der Waals surface area contributed by atoms with Crippen molar-refractivity contribution in [2.24, 2.45) is 0 Å². The Bertz CT molecular complexity index is 1220. The van der Waals surface area contributed by atoms with E-state index in [1.165, 1.54) is 35.6 Å². The lowest BCUT2D eigenvalue weighted by atomic mass is 9.86. The second-order valence-electron chi connectivity index (χ2n) is 8.77. The van der Waals surface area contributed by atoms with Crippen molar-refractivity contribution in [1.82, 2.24) is 9.97 Å². The Kier molecular flexibility index (Phi) is 5.59. The quantitative estimate of drug-likeness (QED) is 0.471. The molecule has 1 aromatic carbocycles. The summed E-state index contributed by atoms with van der Waals surface area (Å²) in [5, 5.41) is 0. The van der Waals surface area contributed by atoms with Crippen LogP contribution in [-0.2, 0) is 12.0 Å². The summed E-state index contributed by atoms with van der Waals surface area (Å²) in [7, 11) is 0. The molecule has 3 heterocycles. The molecule has 3 aromatic rings. The second-order valence-corrected chi connectivity index (χ2v) is 8.77. The lowest BCUT2D eigenvalue weighted by Gasteiger charge is -2.22. The van der Waals surface area contributed by atoms with Gasteiger partial charge in [0.2, 0.25) is 0 Å². The van der Waals surface area contributed by atoms with Gasteiger partial charge in [-0.3, -0.25) is 14.8 Å². The van der Waals surface area contributed by atoms with Crippen LogP contribution in [0.3, 0.4) is 0 Å². The van der Waals surface area contributed by atoms with Gasteiger partial charge < -0.3 is 9.64 Å². The van der Waals surface area contributed by atoms with E-state index < -0.39 is 24.0 Å². The lowest BCUT2D eigenvalue weighted by molar-refractivity contribution is -0.153. The number of carbonyl (C=O) groups is 1. The van der Waals surface area contributed by atoms with Crippen LogP contribution < -0.4 is 9.64 Å². The molecule has 172 valence electrons. The highest BCUT2D eigenvalue weighted by atomic mass is 19.4. The Hall–Kier alpha value is -3.49. The fourth-order valence-corrected chi connectivity index (χ4v) is 3.80. The average molecular weight is 459 g/mol. The summed E-state index contributed by atoms with van der Waals surface area (Å²) in [5.74, 6) is -0.857. The van der Waals surface area contributed by atoms with Crippen LogP contribution in [0.15, 0.2) is 48.9 Å². The Labute approximate surface area is 188 Å². The highest BCUT2D eigenvalue weighted by Crippen LogP contribution is 2.38. The molecule has 4 rings (SSSR count). The van der Waals surface area contributed by atoms with Crippen LogP contribution in [-0.4, -0.2) is 28.7 Å². The molecule has 1 amide bonds. The predicted octanol–water partition coefficient (Wildman–Crippen LogP) is 5.68. The largest absolute Gasteiger partial charge is 0.482 e. The Morgan fingerprint density at radius 1 is 1.06 bits per heavy atom. The van der Waals surface area contributed by atoms with Crippen molar-refractivity contribution in [3.05, 3.63) is 71.4 Å². The van der Waals surface area contributed by atoms with Crippen molar-refractivity contribution in [2.75, 3.05) is 11.5 Å². The van der Waals surface area contributed by atoms with Crippen LogP contribution in [0.1, 0.15) is 42.3 Å². The highest BCUT2D eigenvalue weighted by Gasteiger charge is 2.33. The third-order valence-corrected chi connectivity index (χ3v) is 5.35. The van der Waals surface area contributed by atoms with E-state index >= 15 is 0 Å². The highest BCUT2D eigenvalue weighted by molar-refractivity contribution is 6.11. The van der Waals surface area contributed by atoms with Gasteiger partial charge in [0.1, 0.15) is 11.6 Å². The number of alkyl halides is 3. The van der Waals surface area contributed by atoms with E-state index in [-0.39, 0.29) is 23.8 Å². The smallest absolute Gasteiger partial charge is 0.422 e. The molecule has 0 saturated heterocycles. The van der Waals surface area contributed by atoms with Gasteiger partial charge in [-0.1, -0.05) is 26.8 Å². The maximum absolute atomic E-state index is 14.8. The maximum atomic E-state index is 14.8. The average Bonchev–Trinajstić information content (AvgIpc) is 3.08. The molecule has 5 nitrogen and oxygen atoms in total. The van der Waals surface area contributed by atoms with Gasteiger partial charge in [0, 0.05) is 34.8 Å². The van der Waals surface area contributed by atoms with Crippen molar-refractivity contribution >= 4 is 11.6 Å². The number of aromatic nitrogens is 2. The summed E-state index contributed by atoms with van der Waals surface area (Å²) in [5.41, 5.74) is 1.98. The first kappa shape index (κ1) is 22.7. The summed E-state index contributed by atoms with van der Waals surface area (Å²) in [6, 6.07) is 7.69. The Balaban J connectivity index is 1.71. The number of ether oxygens (including phenoxy) is 1. The van der Waals surface area contributed by atoms with Gasteiger partial charge in [0.25, 0.3) is 5.91 Å². The number of benzene rings is 1. The summed E-state index contributed by atoms with van der Waals surface area (Å²) in [6.07, 6.45) is -0.522. The number of anilines is 1. The van der Waals surface area contributed by atoms with Crippen LogP contribution in [0, 0.1) is 5.82 Å². The van der Waals surface area contributed by atoms with Gasteiger partial charge in [-0.05, 0) is 35.2 Å². The minimum atomic E-state index is -4.52. The molecule has 1 aliphatic heterocycles. The van der Waals surface area contributed by atoms with E-state index in [0.717, 1.165) is 0 Å². The molecule has 0 fully saturated rings. The normalized spacial score (nSPS) is 13.9. The van der Waals surface area contributed by atoms with E-state index in [1.54, 1.807) is 18.2 Å². The van der Waals surface area contributed by atoms with Crippen LogP contribution >= 0.6 is 0 Å². The number of rotatable bonds is 4. The van der Waals surface area contributed by atoms with Crippen molar-refractivity contribution < 1.29 is 27.1 Å². The zero-order chi connectivity index (χ0) is 24.0. The minimum Gasteiger partial charge on any atom is -0.482 e. The first-order valence-corrected chi connectivity index (χ1v) is 10.2. The summed E-state index contributed by atoms with van der Waals surface area (Å²) in [6.45, 7) is 4.30. The Morgan fingerprint density at radius 2 is 1.79 bits per heavy atom. The molecule has 9 heteroatoms. The van der Waals surface area contributed by atoms with Crippen molar-refractivity contribution in [2.45, 2.75) is 38.9 Å². The molecule has 0 saturated carbocycles. The molecular weight excluding hydrogens is 438 g/mol. The molecule has 1 aliphatic rings. The zero-order valence-corrected chi connectivity index (χ0v) is 18.2. The number of fused-ring (bicyclic) bond motifs is 1. The molecule has 0 spiro atoms. The monoisotopic (exact) mass is 459 g/mol. The van der Waals surface area contributed by atoms with Gasteiger partial charge in [-0.2, -0.15) is 13.2 Å². The van der Waals surface area contributed by atoms with E-state index in [1.807, 2.05) is 20.8 Å². The topological polar surface area (TPSA) is 55.3 Å². The van der Waals surface area contributed by atoms with E-state index in [9.17, 15) is 22.4 Å². The second kappa shape index (κ2) is 8.13. The first-order valence-electron chi connectivity index (χ1n) is 10.2. The summed E-state index contributed by atoms with van der Waals surface area (Å²) >= 11 is 0. The van der Waals surface area contributed by atoms with Crippen molar-refractivity contribution in [1.29, 1.82) is 0 Å². The number of carbonyl (C=O) groups excluding carboxylic acids is 1. The zero-order valence-electron chi connectivity index (χ0n) is 18.2. The van der Waals surface area contributed by atoms with Crippen LogP contribution in [0.2, 0.25) is 0 Å². The lowest BCUT2D eigenvalue weighted by Crippen LogP contribution is -2.23. The number of hydrogen-bond donors (Lipinski definition) is 0. The molecule has 0 aliphatic carbocycles. The number of hydrogen-bond acceptors (Lipinski definition) is 4. The van der Waals surface area contributed by atoms with Gasteiger partial charge in [0.15, 0.2) is 6.61 Å². The fraction of sp³-hybridized carbons (Fsp3) is 0.292. The number of nitrogens with zero attached hydrogens (tertiary/aromatic N) is 3. The van der Waals surface area contributed by atoms with Crippen molar-refractivity contribution in [3.8, 4) is 17.0 Å². The standard InChI is InChI=1S/C24H21F4N3O2/c1-23(2,3)18-5-4-14(10-19(18)25)31-12-17-15(22(31)32)7-9-30-21(17)16-6-8-29-11-20(16)33-13-24(26,27)28/h4-11H,12-13H2,1-3H3. The third kappa shape index (κ3) is 4.53. The van der Waals surface area contributed by atoms with Gasteiger partial charge in [0.05, 0.1) is 18.4 Å². The molecule has 0 unspecified atom stereocenters. The summed E-state index contributed by atoms with van der Waals surface area (Å²) < 4.78 is 57.7. The van der Waals surface area contributed by atoms with Crippen LogP contribution in [0.4, 0.5) is 23.2 Å². The molecule has 33 heavy (non-hydrogen) atoms. The minimum absolute atomic E-state index is 0.0900. The van der Waals surface area contributed by atoms with Crippen LogP contribution in [0.5, 0.6) is 5.75 Å². The summed E-state index contributed by atoms with van der Waals surface area (Å²) in [4.78, 5) is 22.7. The van der Waals surface area contributed by atoms with Gasteiger partial charge in [-0.15, -0.1) is 0 Å². The Morgan fingerprint density at radius 3 is 2.45 bits per heavy atom. The SMILES string of the molecule is CC(C)(C)c1ccc(N2Cc3c(ccnc3-c3ccncc3OCC(F)(F)F)C2=O)cc1F. The molecule has 0 atom stereocenters. The van der Waals surface area contributed by atoms with Gasteiger partial charge in [-0.25, -0.2) is 4.39 Å². The number of pyridine rings is 2. The maximum Gasteiger partial charge on any atom is 0.422 e. The van der Waals surface area contributed by atoms with E-state index in [4.69, 9.17) is 4.74 Å². The predicted molar refractivity (Wildman–Crippen MR) is 115 cm³/mol. The molecule has 0 bridgehead atoms. The van der Waals surface area contributed by atoms with Gasteiger partial charge >= 0.3 is 6.18 Å². The van der Waals surface area contributed by atoms with Crippen LogP contribution in [0.25, 0.3) is 11.3 Å². The van der Waals surface area contributed by atoms with Crippen molar-refractivity contribution in [3.63, 3.8) is 0 Å². The number of halogens is 4. The number of amides is 1. The molecule has 2 aromatic heterocycles. The first-order chi connectivity index (χ1) is 15.5.